The van der Waals surface area contributed by atoms with Crippen LogP contribution in [0.5, 0.6) is 0 Å². The van der Waals surface area contributed by atoms with Crippen molar-refractivity contribution in [2.75, 3.05) is 18.0 Å². The Balaban J connectivity index is 1.67. The molecule has 0 radical (unpaired) electrons. The number of anilines is 1. The molecule has 34 heavy (non-hydrogen) atoms. The summed E-state index contributed by atoms with van der Waals surface area (Å²) < 4.78 is 2.30. The number of carbonyl (C=O) groups is 1. The topological polar surface area (TPSA) is 84.0 Å². The van der Waals surface area contributed by atoms with Gasteiger partial charge in [0.25, 0.3) is 0 Å². The second-order valence-corrected chi connectivity index (χ2v) is 10.1. The zero-order chi connectivity index (χ0) is 24.3. The van der Waals surface area contributed by atoms with Crippen molar-refractivity contribution in [1.82, 2.24) is 4.58 Å². The highest BCUT2D eigenvalue weighted by Gasteiger charge is 2.38. The highest BCUT2D eigenvalue weighted by atomic mass is 16.3. The minimum absolute atomic E-state index is 0.0493. The van der Waals surface area contributed by atoms with E-state index in [4.69, 9.17) is 0 Å². The predicted molar refractivity (Wildman–Crippen MR) is 133 cm³/mol. The van der Waals surface area contributed by atoms with E-state index in [-0.39, 0.29) is 35.9 Å². The highest BCUT2D eigenvalue weighted by Crippen LogP contribution is 2.41. The van der Waals surface area contributed by atoms with Crippen LogP contribution in [0.25, 0.3) is 11.1 Å². The molecular weight excluding hydrogens is 428 g/mol. The van der Waals surface area contributed by atoms with E-state index in [0.29, 0.717) is 34.0 Å². The van der Waals surface area contributed by atoms with Crippen LogP contribution in [0.3, 0.4) is 0 Å². The normalized spacial score (nSPS) is 18.9. The molecule has 0 bridgehead atoms. The first kappa shape index (κ1) is 22.8. The smallest absolute Gasteiger partial charge is 0.203 e. The third-order valence-corrected chi connectivity index (χ3v) is 7.53. The largest absolute Gasteiger partial charge is 0.506 e. The molecule has 3 aliphatic rings. The number of aliphatic hydroxyl groups excluding tert-OH is 3. The molecule has 0 saturated heterocycles. The molecule has 0 atom stereocenters. The Morgan fingerprint density at radius 3 is 2.29 bits per heavy atom. The fourth-order valence-corrected chi connectivity index (χ4v) is 5.71. The lowest BCUT2D eigenvalue weighted by molar-refractivity contribution is -0.109. The van der Waals surface area contributed by atoms with Crippen molar-refractivity contribution in [2.24, 2.45) is 0 Å². The molecule has 1 aliphatic carbocycles. The molecule has 0 spiro atoms. The van der Waals surface area contributed by atoms with Gasteiger partial charge in [-0.05, 0) is 79.8 Å². The van der Waals surface area contributed by atoms with Crippen molar-refractivity contribution in [3.05, 3.63) is 68.4 Å². The van der Waals surface area contributed by atoms with Gasteiger partial charge in [0.2, 0.25) is 11.1 Å². The lowest BCUT2D eigenvalue weighted by Gasteiger charge is -2.27. The SMILES string of the molecule is CC(C)N1CCc2cc(C3=C(O)C(=c4cc5c(cc4CO)=[N+](C(C)C)CC5)C3=O)c(CO)cc21. The molecule has 2 aromatic rings. The quantitative estimate of drug-likeness (QED) is 0.589. The van der Waals surface area contributed by atoms with Gasteiger partial charge >= 0.3 is 0 Å². The molecule has 0 saturated carbocycles. The maximum atomic E-state index is 13.4. The van der Waals surface area contributed by atoms with E-state index >= 15 is 0 Å². The second kappa shape index (κ2) is 8.36. The van der Waals surface area contributed by atoms with Gasteiger partial charge in [0, 0.05) is 36.3 Å². The van der Waals surface area contributed by atoms with Crippen molar-refractivity contribution in [3.63, 3.8) is 0 Å². The third kappa shape index (κ3) is 3.31. The lowest BCUT2D eigenvalue weighted by Crippen LogP contribution is -2.35. The summed E-state index contributed by atoms with van der Waals surface area (Å²) in [5, 5.41) is 33.0. The Kier molecular flexibility index (Phi) is 5.61. The van der Waals surface area contributed by atoms with E-state index in [2.05, 4.69) is 37.2 Å². The summed E-state index contributed by atoms with van der Waals surface area (Å²) in [6.45, 7) is 9.95. The van der Waals surface area contributed by atoms with Crippen LogP contribution in [-0.2, 0) is 30.8 Å². The number of nitrogens with zero attached hydrogens (tertiary/aromatic N) is 2. The average Bonchev–Trinajstić information content (AvgIpc) is 3.41. The molecule has 3 N–H and O–H groups in total. The first-order chi connectivity index (χ1) is 16.3. The van der Waals surface area contributed by atoms with Crippen LogP contribution in [0.1, 0.15) is 55.5 Å². The monoisotopic (exact) mass is 461 g/mol. The van der Waals surface area contributed by atoms with Crippen LogP contribution in [0, 0.1) is 0 Å². The minimum Gasteiger partial charge on any atom is -0.506 e. The predicted octanol–water partition coefficient (Wildman–Crippen LogP) is 1.60. The van der Waals surface area contributed by atoms with E-state index in [0.717, 1.165) is 48.1 Å². The summed E-state index contributed by atoms with van der Waals surface area (Å²) in [7, 11) is 0. The van der Waals surface area contributed by atoms with Crippen molar-refractivity contribution in [3.8, 4) is 0 Å². The van der Waals surface area contributed by atoms with E-state index < -0.39 is 0 Å². The van der Waals surface area contributed by atoms with E-state index in [1.165, 1.54) is 0 Å². The summed E-state index contributed by atoms with van der Waals surface area (Å²) >= 11 is 0. The van der Waals surface area contributed by atoms with Gasteiger partial charge in [0.1, 0.15) is 18.3 Å². The Morgan fingerprint density at radius 1 is 0.941 bits per heavy atom. The van der Waals surface area contributed by atoms with Crippen molar-refractivity contribution in [1.29, 1.82) is 0 Å². The molecule has 6 heteroatoms. The van der Waals surface area contributed by atoms with Crippen molar-refractivity contribution >= 4 is 22.6 Å². The molecular formula is C28H33N2O4+. The van der Waals surface area contributed by atoms with Crippen LogP contribution >= 0.6 is 0 Å². The molecule has 2 aromatic carbocycles. The van der Waals surface area contributed by atoms with E-state index in [1.54, 1.807) is 0 Å². The third-order valence-electron chi connectivity index (χ3n) is 7.53. The summed E-state index contributed by atoms with van der Waals surface area (Å²) in [6.07, 6.45) is 1.74. The zero-order valence-electron chi connectivity index (χ0n) is 20.4. The van der Waals surface area contributed by atoms with Gasteiger partial charge in [-0.15, -0.1) is 0 Å². The number of ketones is 1. The Labute approximate surface area is 199 Å². The summed E-state index contributed by atoms with van der Waals surface area (Å²) in [5.41, 5.74) is 5.77. The molecule has 0 unspecified atom stereocenters. The number of rotatable bonds is 5. The molecule has 2 aliphatic heterocycles. The molecule has 178 valence electrons. The summed E-state index contributed by atoms with van der Waals surface area (Å²) in [4.78, 5) is 15.7. The number of hydrogen-bond acceptors (Lipinski definition) is 5. The first-order valence-electron chi connectivity index (χ1n) is 12.2. The Hall–Kier alpha value is -2.96. The maximum Gasteiger partial charge on any atom is 0.203 e. The maximum absolute atomic E-state index is 13.4. The van der Waals surface area contributed by atoms with E-state index in [9.17, 15) is 20.1 Å². The molecule has 6 nitrogen and oxygen atoms in total. The molecule has 0 amide bonds. The number of carbonyl (C=O) groups excluding carboxylic acids is 1. The molecule has 2 heterocycles. The van der Waals surface area contributed by atoms with Crippen LogP contribution in [0.4, 0.5) is 5.69 Å². The number of allylic oxidation sites excluding steroid dienone is 2. The number of aliphatic hydroxyl groups is 3. The summed E-state index contributed by atoms with van der Waals surface area (Å²) in [5.74, 6) is -0.286. The number of Topliss-reactive ketones (excluding diaryl/α,β-unsaturated/α-hetero) is 1. The van der Waals surface area contributed by atoms with Crippen LogP contribution in [0.15, 0.2) is 30.0 Å². The van der Waals surface area contributed by atoms with Gasteiger partial charge in [-0.1, -0.05) is 0 Å². The van der Waals surface area contributed by atoms with E-state index in [1.807, 2.05) is 24.3 Å². The van der Waals surface area contributed by atoms with Crippen molar-refractivity contribution in [2.45, 2.75) is 65.8 Å². The lowest BCUT2D eigenvalue weighted by atomic mass is 9.79. The zero-order valence-corrected chi connectivity index (χ0v) is 20.4. The highest BCUT2D eigenvalue weighted by molar-refractivity contribution is 6.51. The molecule has 5 rings (SSSR count). The number of fused-ring (bicyclic) bond motifs is 2. The second-order valence-electron chi connectivity index (χ2n) is 10.1. The van der Waals surface area contributed by atoms with Crippen molar-refractivity contribution < 1.29 is 20.1 Å². The van der Waals surface area contributed by atoms with Crippen LogP contribution < -0.4 is 20.1 Å². The number of benzene rings is 2. The van der Waals surface area contributed by atoms with Gasteiger partial charge < -0.3 is 20.2 Å². The van der Waals surface area contributed by atoms with Crippen LogP contribution in [-0.4, -0.2) is 46.3 Å². The Bertz CT molecular complexity index is 1370. The molecule has 0 fully saturated rings. The van der Waals surface area contributed by atoms with Crippen LogP contribution in [0.2, 0.25) is 0 Å². The average molecular weight is 462 g/mol. The first-order valence-corrected chi connectivity index (χ1v) is 12.2. The van der Waals surface area contributed by atoms with Gasteiger partial charge in [0.05, 0.1) is 24.4 Å². The van der Waals surface area contributed by atoms with Gasteiger partial charge in [0.15, 0.2) is 0 Å². The fraction of sp³-hybridized carbons (Fsp3) is 0.429. The van der Waals surface area contributed by atoms with Gasteiger partial charge in [-0.3, -0.25) is 4.79 Å². The van der Waals surface area contributed by atoms with Gasteiger partial charge in [-0.2, -0.15) is 0 Å². The molecule has 0 aromatic heterocycles. The Morgan fingerprint density at radius 2 is 1.68 bits per heavy atom. The minimum atomic E-state index is -0.237. The standard InChI is InChI=1S/C28H32N2O4/c1-15(2)29-7-5-17-9-21(19(13-31)11-23(17)29)25-27(33)26(28(25)34)22-10-18-6-8-30(16(3)4)24(18)12-20(22)14-32/h9-12,15-16,31-32H,5-8,13-14H2,1-4H3/p+1. The number of hydrogen-bond donors (Lipinski definition) is 3. The summed E-state index contributed by atoms with van der Waals surface area (Å²) in [6, 6.07) is 8.52. The van der Waals surface area contributed by atoms with Gasteiger partial charge in [-0.25, -0.2) is 4.58 Å². The fourth-order valence-electron chi connectivity index (χ4n) is 5.71.